The maximum atomic E-state index is 11.2. The molecule has 0 spiro atoms. The molecule has 1 aliphatic rings. The molecule has 1 atom stereocenters. The molecule has 0 saturated carbocycles. The van der Waals surface area contributed by atoms with Crippen LogP contribution in [0.15, 0.2) is 12.3 Å². The lowest BCUT2D eigenvalue weighted by Gasteiger charge is -2.35. The molecule has 0 aliphatic carbocycles. The number of aryl methyl sites for hydroxylation is 1. The lowest BCUT2D eigenvalue weighted by Crippen LogP contribution is -2.52. The minimum atomic E-state index is -2.32. The van der Waals surface area contributed by atoms with Crippen molar-refractivity contribution in [3.8, 4) is 0 Å². The third kappa shape index (κ3) is 4.70. The fourth-order valence-electron chi connectivity index (χ4n) is 2.47. The van der Waals surface area contributed by atoms with Crippen LogP contribution in [-0.4, -0.2) is 60.8 Å². The van der Waals surface area contributed by atoms with Crippen molar-refractivity contribution in [1.82, 2.24) is 24.8 Å². The van der Waals surface area contributed by atoms with Crippen molar-refractivity contribution in [3.05, 3.63) is 23.0 Å². The molecule has 3 heterocycles. The molecule has 140 valence electrons. The van der Waals surface area contributed by atoms with Crippen molar-refractivity contribution in [2.75, 3.05) is 36.4 Å². The van der Waals surface area contributed by atoms with Gasteiger partial charge in [0.2, 0.25) is 0 Å². The van der Waals surface area contributed by atoms with Crippen molar-refractivity contribution in [2.24, 2.45) is 5.73 Å². The van der Waals surface area contributed by atoms with Crippen LogP contribution in [0.4, 0.5) is 16.8 Å². The van der Waals surface area contributed by atoms with Gasteiger partial charge in [-0.2, -0.15) is 4.83 Å². The molecule has 2 aromatic heterocycles. The molecule has 26 heavy (non-hydrogen) atoms. The predicted octanol–water partition coefficient (Wildman–Crippen LogP) is -0.495. The maximum Gasteiger partial charge on any atom is 0.260 e. The molecule has 11 nitrogen and oxygen atoms in total. The molecule has 1 fully saturated rings. The maximum absolute atomic E-state index is 11.2. The van der Waals surface area contributed by atoms with Gasteiger partial charge in [0.1, 0.15) is 22.3 Å². The van der Waals surface area contributed by atoms with Crippen molar-refractivity contribution in [3.63, 3.8) is 0 Å². The third-order valence-electron chi connectivity index (χ3n) is 3.62. The average Bonchev–Trinajstić information content (AvgIpc) is 3.03. The summed E-state index contributed by atoms with van der Waals surface area (Å²) in [7, 11) is 0. The molecule has 1 saturated heterocycles. The molecule has 2 aromatic rings. The minimum Gasteiger partial charge on any atom is -0.759 e. The van der Waals surface area contributed by atoms with Gasteiger partial charge in [-0.3, -0.25) is 9.00 Å². The molecule has 0 radical (unpaired) electrons. The molecule has 1 aliphatic heterocycles. The second-order valence-corrected chi connectivity index (χ2v) is 7.16. The molecular weight excluding hydrogens is 380 g/mol. The highest BCUT2D eigenvalue weighted by Gasteiger charge is 2.19. The summed E-state index contributed by atoms with van der Waals surface area (Å²) in [6, 6.07) is 1.78. The van der Waals surface area contributed by atoms with Crippen LogP contribution in [0.5, 0.6) is 0 Å². The number of nitrogens with two attached hydrogens (primary N) is 1. The molecule has 4 N–H and O–H groups in total. The molecule has 0 aromatic carbocycles. The van der Waals surface area contributed by atoms with E-state index in [0.717, 1.165) is 17.2 Å². The number of primary amides is 1. The number of amides is 1. The number of rotatable bonds is 6. The lowest BCUT2D eigenvalue weighted by molar-refractivity contribution is 0.100. The quantitative estimate of drug-likeness (QED) is 0.548. The van der Waals surface area contributed by atoms with E-state index in [-0.39, 0.29) is 0 Å². The van der Waals surface area contributed by atoms with E-state index in [1.807, 2.05) is 4.90 Å². The Bertz CT molecular complexity index is 821. The Labute approximate surface area is 156 Å². The number of nitrogens with zero attached hydrogens (tertiary/aromatic N) is 5. The van der Waals surface area contributed by atoms with Gasteiger partial charge in [0.05, 0.1) is 6.20 Å². The van der Waals surface area contributed by atoms with Crippen LogP contribution >= 0.6 is 11.3 Å². The van der Waals surface area contributed by atoms with Gasteiger partial charge < -0.3 is 20.5 Å². The second kappa shape index (κ2) is 8.01. The predicted molar refractivity (Wildman–Crippen MR) is 96.5 cm³/mol. The molecule has 1 amide bonds. The normalized spacial score (nSPS) is 16.5. The molecular formula is C13H17N8O3S2-. The number of carbonyl (C=O) groups excluding carboxylic acids is 1. The van der Waals surface area contributed by atoms with Crippen molar-refractivity contribution >= 4 is 45.3 Å². The number of piperazine rings is 1. The largest absolute Gasteiger partial charge is 0.759 e. The lowest BCUT2D eigenvalue weighted by atomic mass is 10.3. The van der Waals surface area contributed by atoms with Gasteiger partial charge in [-0.1, -0.05) is 11.3 Å². The Morgan fingerprint density at radius 2 is 2.08 bits per heavy atom. The molecule has 3 rings (SSSR count). The number of carbonyl (C=O) groups is 1. The highest BCUT2D eigenvalue weighted by Crippen LogP contribution is 2.24. The summed E-state index contributed by atoms with van der Waals surface area (Å²) in [5, 5.41) is 5.19. The first-order chi connectivity index (χ1) is 12.4. The number of hydrogen-bond donors (Lipinski definition) is 3. The smallest absolute Gasteiger partial charge is 0.260 e. The highest BCUT2D eigenvalue weighted by atomic mass is 32.2. The topological polar surface area (TPSA) is 152 Å². The van der Waals surface area contributed by atoms with Crippen molar-refractivity contribution in [2.45, 2.75) is 6.92 Å². The van der Waals surface area contributed by atoms with Crippen LogP contribution in [0.3, 0.4) is 0 Å². The summed E-state index contributed by atoms with van der Waals surface area (Å²) in [6.45, 7) is 4.08. The first-order valence-corrected chi connectivity index (χ1v) is 9.53. The van der Waals surface area contributed by atoms with Crippen LogP contribution in [0.25, 0.3) is 0 Å². The summed E-state index contributed by atoms with van der Waals surface area (Å²) < 4.78 is 21.4. The summed E-state index contributed by atoms with van der Waals surface area (Å²) >= 11 is -1.17. The van der Waals surface area contributed by atoms with Gasteiger partial charge in [0.25, 0.3) is 5.91 Å². The van der Waals surface area contributed by atoms with Crippen molar-refractivity contribution < 1.29 is 13.6 Å². The van der Waals surface area contributed by atoms with Crippen LogP contribution < -0.4 is 20.8 Å². The summed E-state index contributed by atoms with van der Waals surface area (Å²) in [4.78, 5) is 28.8. The zero-order chi connectivity index (χ0) is 18.7. The Morgan fingerprint density at radius 1 is 1.35 bits per heavy atom. The van der Waals surface area contributed by atoms with Crippen LogP contribution in [0.2, 0.25) is 0 Å². The Morgan fingerprint density at radius 3 is 2.69 bits per heavy atom. The first-order valence-electron chi connectivity index (χ1n) is 7.64. The number of thiazole rings is 1. The van der Waals surface area contributed by atoms with E-state index in [4.69, 9.17) is 5.73 Å². The zero-order valence-corrected chi connectivity index (χ0v) is 15.5. The van der Waals surface area contributed by atoms with Gasteiger partial charge >= 0.3 is 0 Å². The van der Waals surface area contributed by atoms with Crippen LogP contribution in [0, 0.1) is 6.92 Å². The van der Waals surface area contributed by atoms with Gasteiger partial charge in [-0.15, -0.1) is 0 Å². The molecule has 1 unspecified atom stereocenters. The highest BCUT2D eigenvalue weighted by molar-refractivity contribution is 7.76. The van der Waals surface area contributed by atoms with Gasteiger partial charge in [0, 0.05) is 43.5 Å². The molecule has 13 heteroatoms. The summed E-state index contributed by atoms with van der Waals surface area (Å²) in [5.74, 6) is 1.34. The van der Waals surface area contributed by atoms with Gasteiger partial charge in [0.15, 0.2) is 5.13 Å². The number of hydrogen-bond acceptors (Lipinski definition) is 10. The van der Waals surface area contributed by atoms with E-state index in [0.29, 0.717) is 47.8 Å². The third-order valence-corrected chi connectivity index (χ3v) is 4.95. The number of aromatic nitrogens is 3. The van der Waals surface area contributed by atoms with E-state index < -0.39 is 17.2 Å². The minimum absolute atomic E-state index is 0.359. The van der Waals surface area contributed by atoms with Crippen molar-refractivity contribution in [1.29, 1.82) is 0 Å². The van der Waals surface area contributed by atoms with Gasteiger partial charge in [-0.25, -0.2) is 20.0 Å². The standard InChI is InChI=1S/C13H18N8O3S2/c1-8-16-10(18-13-15-7-9(25-13)12(14)22)6-11(17-8)20-2-4-21(5-3-20)19-26(23)24/h6-7,19H,2-5H2,1H3,(H2,14,22)(H,23,24)(H,15,16,17,18)/p-1. The number of anilines is 3. The molecule has 0 bridgehead atoms. The van der Waals surface area contributed by atoms with E-state index in [1.54, 1.807) is 18.0 Å². The monoisotopic (exact) mass is 397 g/mol. The van der Waals surface area contributed by atoms with Gasteiger partial charge in [-0.05, 0) is 6.92 Å². The van der Waals surface area contributed by atoms with E-state index in [9.17, 15) is 13.6 Å². The van der Waals surface area contributed by atoms with E-state index in [1.165, 1.54) is 6.20 Å². The SMILES string of the molecule is Cc1nc(Nc2ncc(C(N)=O)s2)cc(N2CCN(NS(=O)[O-])CC2)n1. The number of nitrogens with one attached hydrogen (secondary N) is 2. The number of hydrazine groups is 1. The average molecular weight is 397 g/mol. The Balaban J connectivity index is 1.69. The first kappa shape index (κ1) is 18.6. The zero-order valence-electron chi connectivity index (χ0n) is 13.8. The Hall–Kier alpha value is -2.19. The van der Waals surface area contributed by atoms with E-state index in [2.05, 4.69) is 25.1 Å². The summed E-state index contributed by atoms with van der Waals surface area (Å²) in [5.41, 5.74) is 5.23. The summed E-state index contributed by atoms with van der Waals surface area (Å²) in [6.07, 6.45) is 1.41. The van der Waals surface area contributed by atoms with Crippen LogP contribution in [-0.2, 0) is 11.3 Å². The van der Waals surface area contributed by atoms with Crippen LogP contribution in [0.1, 0.15) is 15.5 Å². The second-order valence-electron chi connectivity index (χ2n) is 5.48. The fraction of sp³-hybridized carbons (Fsp3) is 0.385. The fourth-order valence-corrected chi connectivity index (χ4v) is 3.53. The van der Waals surface area contributed by atoms with E-state index >= 15 is 0 Å². The Kier molecular flexibility index (Phi) is 5.73.